The monoisotopic (exact) mass is 646 g/mol. The third-order valence-electron chi connectivity index (χ3n) is 11.7. The molecular formula is C38H46O9. The third-order valence-corrected chi connectivity index (χ3v) is 11.7. The molecule has 3 aliphatic rings. The van der Waals surface area contributed by atoms with Gasteiger partial charge < -0.3 is 30.3 Å². The standard InChI is InChI=1S/C38H46O9/c1-18(2)23-15-22(12-10-21-11-13-26(47-9)25(40)14-21)30(41)28-24(23)16-35(6)17-36(7)37(8,19(3)4)32(43)27(20(5)39)33(44)38(36,46)34(45)29(35)31(28)42/h11,13-15,18-19,40-43,46H,10,12,16-17H2,1-9H3/t35-,36-,37-,38+/m1/s1. The highest BCUT2D eigenvalue weighted by molar-refractivity contribution is 6.33. The molecule has 0 saturated heterocycles. The first-order chi connectivity index (χ1) is 21.7. The number of Topliss-reactive ketones (excluding diaryl/α,β-unsaturated/α-hetero) is 3. The Morgan fingerprint density at radius 1 is 0.957 bits per heavy atom. The van der Waals surface area contributed by atoms with Crippen LogP contribution in [0.4, 0.5) is 0 Å². The SMILES string of the molecule is COc1ccc(CCc2cc(C(C)C)c3c(c2O)C(O)=C2C(=O)[C@@]4(O)C(=O)C(C(C)=O)=C(O)[C@@](C)(C(C)C)[C@@]4(C)C[C@@]2(C)C3)cc1O. The average Bonchev–Trinajstić information content (AvgIpc) is 2.97. The number of rotatable bonds is 7. The molecule has 9 nitrogen and oxygen atoms in total. The third kappa shape index (κ3) is 4.41. The van der Waals surface area contributed by atoms with E-state index in [2.05, 4.69) is 0 Å². The molecule has 5 N–H and O–H groups in total. The number of ketones is 3. The van der Waals surface area contributed by atoms with E-state index in [0.29, 0.717) is 29.7 Å². The van der Waals surface area contributed by atoms with Crippen molar-refractivity contribution in [2.45, 2.75) is 92.6 Å². The number of fused-ring (bicyclic) bond motifs is 3. The number of carbonyl (C=O) groups is 3. The van der Waals surface area contributed by atoms with Gasteiger partial charge in [0.1, 0.15) is 22.8 Å². The Balaban J connectivity index is 1.72. The number of aryl methyl sites for hydroxylation is 2. The summed E-state index contributed by atoms with van der Waals surface area (Å²) in [5, 5.41) is 58.0. The van der Waals surface area contributed by atoms with Gasteiger partial charge in [0.25, 0.3) is 0 Å². The topological polar surface area (TPSA) is 162 Å². The molecule has 3 aliphatic carbocycles. The molecule has 0 unspecified atom stereocenters. The number of benzene rings is 2. The van der Waals surface area contributed by atoms with E-state index < -0.39 is 62.2 Å². The van der Waals surface area contributed by atoms with E-state index in [0.717, 1.165) is 18.1 Å². The van der Waals surface area contributed by atoms with Gasteiger partial charge in [0, 0.05) is 21.8 Å². The van der Waals surface area contributed by atoms with Crippen LogP contribution in [-0.4, -0.2) is 55.6 Å². The van der Waals surface area contributed by atoms with Crippen LogP contribution in [0.3, 0.4) is 0 Å². The quantitative estimate of drug-likeness (QED) is 0.174. The summed E-state index contributed by atoms with van der Waals surface area (Å²) in [6.45, 7) is 13.8. The second-order valence-corrected chi connectivity index (χ2v) is 15.0. The molecule has 0 bridgehead atoms. The van der Waals surface area contributed by atoms with Gasteiger partial charge in [0.15, 0.2) is 22.9 Å². The van der Waals surface area contributed by atoms with Crippen molar-refractivity contribution in [3.8, 4) is 17.2 Å². The first kappa shape index (κ1) is 34.2. The van der Waals surface area contributed by atoms with Crippen molar-refractivity contribution in [3.05, 3.63) is 69.0 Å². The van der Waals surface area contributed by atoms with Crippen LogP contribution in [-0.2, 0) is 33.6 Å². The van der Waals surface area contributed by atoms with Gasteiger partial charge in [-0.3, -0.25) is 14.4 Å². The van der Waals surface area contributed by atoms with E-state index in [1.54, 1.807) is 26.0 Å². The molecule has 9 heteroatoms. The Morgan fingerprint density at radius 3 is 2.13 bits per heavy atom. The molecule has 0 heterocycles. The zero-order chi connectivity index (χ0) is 35.2. The molecule has 0 amide bonds. The van der Waals surface area contributed by atoms with Crippen LogP contribution in [0.2, 0.25) is 0 Å². The Kier molecular flexibility index (Phi) is 7.99. The Morgan fingerprint density at radius 2 is 1.60 bits per heavy atom. The van der Waals surface area contributed by atoms with E-state index in [4.69, 9.17) is 4.74 Å². The maximum Gasteiger partial charge on any atom is 0.209 e. The number of aliphatic hydroxyl groups excluding tert-OH is 2. The number of hydrogen-bond donors (Lipinski definition) is 5. The molecule has 252 valence electrons. The number of aliphatic hydroxyl groups is 3. The van der Waals surface area contributed by atoms with Crippen LogP contribution in [0.1, 0.15) is 95.5 Å². The summed E-state index contributed by atoms with van der Waals surface area (Å²) < 4.78 is 5.14. The molecule has 4 atom stereocenters. The minimum atomic E-state index is -2.76. The van der Waals surface area contributed by atoms with E-state index >= 15 is 0 Å². The van der Waals surface area contributed by atoms with E-state index in [9.17, 15) is 39.9 Å². The van der Waals surface area contributed by atoms with Crippen molar-refractivity contribution >= 4 is 23.1 Å². The van der Waals surface area contributed by atoms with Crippen molar-refractivity contribution in [1.82, 2.24) is 0 Å². The number of hydrogen-bond acceptors (Lipinski definition) is 9. The van der Waals surface area contributed by atoms with Gasteiger partial charge >= 0.3 is 0 Å². The summed E-state index contributed by atoms with van der Waals surface area (Å²) in [7, 11) is 1.46. The van der Waals surface area contributed by atoms with Crippen LogP contribution in [0.25, 0.3) is 5.76 Å². The second kappa shape index (κ2) is 11.0. The fraction of sp³-hybridized carbons (Fsp3) is 0.500. The van der Waals surface area contributed by atoms with Gasteiger partial charge in [-0.15, -0.1) is 0 Å². The first-order valence-electron chi connectivity index (χ1n) is 16.2. The van der Waals surface area contributed by atoms with Crippen molar-refractivity contribution in [2.24, 2.45) is 22.2 Å². The van der Waals surface area contributed by atoms with Gasteiger partial charge in [-0.1, -0.05) is 60.6 Å². The lowest BCUT2D eigenvalue weighted by Crippen LogP contribution is -2.73. The smallest absolute Gasteiger partial charge is 0.209 e. The molecule has 2 aromatic carbocycles. The minimum absolute atomic E-state index is 0.00754. The molecule has 0 aliphatic heterocycles. The van der Waals surface area contributed by atoms with Crippen molar-refractivity contribution in [1.29, 1.82) is 0 Å². The first-order valence-corrected chi connectivity index (χ1v) is 16.2. The van der Waals surface area contributed by atoms with Crippen molar-refractivity contribution < 1.29 is 44.7 Å². The highest BCUT2D eigenvalue weighted by Crippen LogP contribution is 2.69. The molecule has 47 heavy (non-hydrogen) atoms. The molecule has 0 aromatic heterocycles. The maximum absolute atomic E-state index is 14.7. The van der Waals surface area contributed by atoms with Gasteiger partial charge in [0.05, 0.1) is 12.7 Å². The highest BCUT2D eigenvalue weighted by atomic mass is 16.5. The number of phenolic OH excluding ortho intramolecular Hbond substituents is 2. The molecule has 0 radical (unpaired) electrons. The fourth-order valence-electron chi connectivity index (χ4n) is 8.83. The average molecular weight is 647 g/mol. The van der Waals surface area contributed by atoms with Crippen LogP contribution in [0.5, 0.6) is 17.2 Å². The van der Waals surface area contributed by atoms with E-state index in [-0.39, 0.29) is 41.4 Å². The summed E-state index contributed by atoms with van der Waals surface area (Å²) in [5.74, 6) is -4.20. The van der Waals surface area contributed by atoms with Gasteiger partial charge in [-0.25, -0.2) is 0 Å². The fourth-order valence-corrected chi connectivity index (χ4v) is 8.83. The summed E-state index contributed by atoms with van der Waals surface area (Å²) >= 11 is 0. The summed E-state index contributed by atoms with van der Waals surface area (Å²) in [5.41, 5.74) is -4.59. The molecule has 2 aromatic rings. The second-order valence-electron chi connectivity index (χ2n) is 15.0. The predicted molar refractivity (Wildman–Crippen MR) is 177 cm³/mol. The van der Waals surface area contributed by atoms with Gasteiger partial charge in [-0.05, 0) is 78.8 Å². The molecule has 1 saturated carbocycles. The molecule has 5 rings (SSSR count). The van der Waals surface area contributed by atoms with Gasteiger partial charge in [0.2, 0.25) is 11.6 Å². The zero-order valence-electron chi connectivity index (χ0n) is 28.7. The van der Waals surface area contributed by atoms with Gasteiger partial charge in [-0.2, -0.15) is 0 Å². The molecular weight excluding hydrogens is 600 g/mol. The maximum atomic E-state index is 14.7. The Bertz CT molecular complexity index is 1800. The normalized spacial score (nSPS) is 28.9. The number of aromatic hydroxyl groups is 2. The molecule has 1 fully saturated rings. The number of phenols is 2. The number of carbonyl (C=O) groups excluding carboxylic acids is 3. The van der Waals surface area contributed by atoms with Crippen LogP contribution in [0, 0.1) is 22.2 Å². The summed E-state index contributed by atoms with van der Waals surface area (Å²) in [6, 6.07) is 6.98. The lowest BCUT2D eigenvalue weighted by molar-refractivity contribution is -0.197. The summed E-state index contributed by atoms with van der Waals surface area (Å²) in [6.07, 6.45) is 1.04. The van der Waals surface area contributed by atoms with E-state index in [1.807, 2.05) is 46.8 Å². The lowest BCUT2D eigenvalue weighted by atomic mass is 9.39. The number of ether oxygens (including phenoxy) is 1. The Hall–Kier alpha value is -4.11. The van der Waals surface area contributed by atoms with E-state index in [1.165, 1.54) is 7.11 Å². The van der Waals surface area contributed by atoms with Crippen LogP contribution < -0.4 is 4.74 Å². The zero-order valence-corrected chi connectivity index (χ0v) is 28.7. The van der Waals surface area contributed by atoms with Crippen LogP contribution >= 0.6 is 0 Å². The Labute approximate surface area is 275 Å². The van der Waals surface area contributed by atoms with Crippen LogP contribution in [0.15, 0.2) is 41.2 Å². The summed E-state index contributed by atoms with van der Waals surface area (Å²) in [4.78, 5) is 41.5. The predicted octanol–water partition coefficient (Wildman–Crippen LogP) is 6.20. The minimum Gasteiger partial charge on any atom is -0.511 e. The molecule has 0 spiro atoms. The largest absolute Gasteiger partial charge is 0.511 e. The van der Waals surface area contributed by atoms with Crippen molar-refractivity contribution in [3.63, 3.8) is 0 Å². The number of methoxy groups -OCH3 is 1. The number of allylic oxidation sites excluding steroid dienone is 1. The lowest BCUT2D eigenvalue weighted by Gasteiger charge is -2.64. The van der Waals surface area contributed by atoms with Crippen molar-refractivity contribution in [2.75, 3.05) is 7.11 Å². The highest BCUT2D eigenvalue weighted by Gasteiger charge is 2.76.